The Morgan fingerprint density at radius 1 is 1.14 bits per heavy atom. The number of ether oxygens (including phenoxy) is 3. The first-order valence-corrected chi connectivity index (χ1v) is 9.41. The van der Waals surface area contributed by atoms with Gasteiger partial charge >= 0.3 is 5.97 Å². The topological polar surface area (TPSA) is 73.9 Å². The molecule has 1 heterocycles. The summed E-state index contributed by atoms with van der Waals surface area (Å²) in [7, 11) is 1.31. The zero-order valence-corrected chi connectivity index (χ0v) is 15.9. The monoisotopic (exact) mass is 383 g/mol. The van der Waals surface area contributed by atoms with Gasteiger partial charge in [-0.25, -0.2) is 4.79 Å². The van der Waals surface area contributed by atoms with Crippen molar-refractivity contribution in [2.24, 2.45) is 0 Å². The molecule has 1 fully saturated rings. The number of rotatable bonds is 8. The standard InChI is InChI=1S/C22H25NO5/c1-26-22(25)19(23-21(24)20-11-6-12-27-20)14-17-9-5-10-18(13-17)28-15-16-7-3-2-4-8-16/h2-5,7-10,13,19-20H,6,11-12,14-15H2,1H3,(H,23,24)/t19-,20+/m0/s1. The summed E-state index contributed by atoms with van der Waals surface area (Å²) < 4.78 is 16.1. The average Bonchev–Trinajstić information content (AvgIpc) is 3.27. The minimum absolute atomic E-state index is 0.274. The molecule has 2 atom stereocenters. The van der Waals surface area contributed by atoms with E-state index in [1.807, 2.05) is 54.6 Å². The molecule has 2 aromatic carbocycles. The zero-order chi connectivity index (χ0) is 19.8. The van der Waals surface area contributed by atoms with Gasteiger partial charge in [-0.15, -0.1) is 0 Å². The summed E-state index contributed by atoms with van der Waals surface area (Å²) in [6.07, 6.45) is 1.34. The number of methoxy groups -OCH3 is 1. The van der Waals surface area contributed by atoms with Crippen LogP contribution < -0.4 is 10.1 Å². The van der Waals surface area contributed by atoms with Gasteiger partial charge < -0.3 is 19.5 Å². The highest BCUT2D eigenvalue weighted by Gasteiger charge is 2.29. The van der Waals surface area contributed by atoms with Crippen molar-refractivity contribution < 1.29 is 23.8 Å². The van der Waals surface area contributed by atoms with Crippen molar-refractivity contribution in [2.45, 2.75) is 38.0 Å². The van der Waals surface area contributed by atoms with Gasteiger partial charge in [0.15, 0.2) is 0 Å². The van der Waals surface area contributed by atoms with Crippen molar-refractivity contribution in [3.05, 3.63) is 65.7 Å². The maximum Gasteiger partial charge on any atom is 0.328 e. The highest BCUT2D eigenvalue weighted by Crippen LogP contribution is 2.18. The molecule has 1 aliphatic heterocycles. The lowest BCUT2D eigenvalue weighted by Gasteiger charge is -2.19. The lowest BCUT2D eigenvalue weighted by Crippen LogP contribution is -2.47. The van der Waals surface area contributed by atoms with Gasteiger partial charge in [-0.05, 0) is 36.1 Å². The van der Waals surface area contributed by atoms with Crippen LogP contribution in [0, 0.1) is 0 Å². The Morgan fingerprint density at radius 3 is 2.64 bits per heavy atom. The van der Waals surface area contributed by atoms with Gasteiger partial charge in [0.2, 0.25) is 5.91 Å². The first kappa shape index (κ1) is 19.9. The molecule has 0 unspecified atom stereocenters. The summed E-state index contributed by atoms with van der Waals surface area (Å²) in [5.41, 5.74) is 1.94. The number of carbonyl (C=O) groups is 2. The summed E-state index contributed by atoms with van der Waals surface area (Å²) in [6, 6.07) is 16.6. The van der Waals surface area contributed by atoms with Crippen molar-refractivity contribution in [3.63, 3.8) is 0 Å². The Balaban J connectivity index is 1.63. The van der Waals surface area contributed by atoms with E-state index in [4.69, 9.17) is 14.2 Å². The molecule has 6 nitrogen and oxygen atoms in total. The van der Waals surface area contributed by atoms with Crippen molar-refractivity contribution in [1.82, 2.24) is 5.32 Å². The van der Waals surface area contributed by atoms with Crippen LogP contribution in [0.15, 0.2) is 54.6 Å². The van der Waals surface area contributed by atoms with E-state index in [-0.39, 0.29) is 5.91 Å². The lowest BCUT2D eigenvalue weighted by molar-refractivity contribution is -0.146. The van der Waals surface area contributed by atoms with E-state index in [1.165, 1.54) is 7.11 Å². The average molecular weight is 383 g/mol. The third kappa shape index (κ3) is 5.57. The van der Waals surface area contributed by atoms with E-state index >= 15 is 0 Å². The van der Waals surface area contributed by atoms with E-state index in [0.29, 0.717) is 31.8 Å². The molecular weight excluding hydrogens is 358 g/mol. The molecule has 6 heteroatoms. The summed E-state index contributed by atoms with van der Waals surface area (Å²) in [5.74, 6) is -0.0539. The number of carbonyl (C=O) groups excluding carboxylic acids is 2. The molecule has 0 bridgehead atoms. The van der Waals surface area contributed by atoms with Gasteiger partial charge in [0.1, 0.15) is 24.5 Å². The quantitative estimate of drug-likeness (QED) is 0.710. The third-order valence-corrected chi connectivity index (χ3v) is 4.61. The normalized spacial score (nSPS) is 17.0. The predicted octanol–water partition coefficient (Wildman–Crippen LogP) is 2.64. The van der Waals surface area contributed by atoms with Gasteiger partial charge in [-0.2, -0.15) is 0 Å². The van der Waals surface area contributed by atoms with Crippen LogP contribution in [0.4, 0.5) is 0 Å². The molecule has 3 rings (SSSR count). The SMILES string of the molecule is COC(=O)[C@H](Cc1cccc(OCc2ccccc2)c1)NC(=O)[C@H]1CCCO1. The van der Waals surface area contributed by atoms with E-state index in [0.717, 1.165) is 17.5 Å². The summed E-state index contributed by atoms with van der Waals surface area (Å²) in [4.78, 5) is 24.5. The van der Waals surface area contributed by atoms with Gasteiger partial charge in [0.05, 0.1) is 7.11 Å². The van der Waals surface area contributed by atoms with Crippen LogP contribution in [0.5, 0.6) is 5.75 Å². The van der Waals surface area contributed by atoms with Crippen LogP contribution in [-0.4, -0.2) is 37.7 Å². The van der Waals surface area contributed by atoms with Gasteiger partial charge in [-0.1, -0.05) is 42.5 Å². The Kier molecular flexibility index (Phi) is 7.03. The lowest BCUT2D eigenvalue weighted by atomic mass is 10.0. The maximum atomic E-state index is 12.3. The van der Waals surface area contributed by atoms with Crippen LogP contribution in [0.2, 0.25) is 0 Å². The van der Waals surface area contributed by atoms with Gasteiger partial charge in [0, 0.05) is 13.0 Å². The van der Waals surface area contributed by atoms with Crippen LogP contribution >= 0.6 is 0 Å². The molecule has 1 aliphatic rings. The maximum absolute atomic E-state index is 12.3. The molecule has 1 N–H and O–H groups in total. The van der Waals surface area contributed by atoms with Crippen molar-refractivity contribution in [1.29, 1.82) is 0 Å². The number of benzene rings is 2. The van der Waals surface area contributed by atoms with Gasteiger partial charge in [-0.3, -0.25) is 4.79 Å². The first-order chi connectivity index (χ1) is 13.7. The highest BCUT2D eigenvalue weighted by atomic mass is 16.5. The number of amides is 1. The molecule has 2 aromatic rings. The van der Waals surface area contributed by atoms with Crippen molar-refractivity contribution in [3.8, 4) is 5.75 Å². The second-order valence-corrected chi connectivity index (χ2v) is 6.71. The highest BCUT2D eigenvalue weighted by molar-refractivity contribution is 5.87. The first-order valence-electron chi connectivity index (χ1n) is 9.41. The van der Waals surface area contributed by atoms with E-state index in [9.17, 15) is 9.59 Å². The van der Waals surface area contributed by atoms with Crippen LogP contribution in [0.1, 0.15) is 24.0 Å². The fourth-order valence-electron chi connectivity index (χ4n) is 3.12. The zero-order valence-electron chi connectivity index (χ0n) is 15.9. The fraction of sp³-hybridized carbons (Fsp3) is 0.364. The Morgan fingerprint density at radius 2 is 1.93 bits per heavy atom. The van der Waals surface area contributed by atoms with Gasteiger partial charge in [0.25, 0.3) is 0 Å². The molecule has 0 saturated carbocycles. The third-order valence-electron chi connectivity index (χ3n) is 4.61. The predicted molar refractivity (Wildman–Crippen MR) is 104 cm³/mol. The Hall–Kier alpha value is -2.86. The van der Waals surface area contributed by atoms with Crippen molar-refractivity contribution >= 4 is 11.9 Å². The second kappa shape index (κ2) is 9.90. The molecule has 1 saturated heterocycles. The minimum atomic E-state index is -0.772. The van der Waals surface area contributed by atoms with Crippen LogP contribution in [0.25, 0.3) is 0 Å². The Bertz CT molecular complexity index is 787. The fourth-order valence-corrected chi connectivity index (χ4v) is 3.12. The molecular formula is C22H25NO5. The minimum Gasteiger partial charge on any atom is -0.489 e. The van der Waals surface area contributed by atoms with E-state index < -0.39 is 18.1 Å². The second-order valence-electron chi connectivity index (χ2n) is 6.71. The van der Waals surface area contributed by atoms with E-state index in [1.54, 1.807) is 0 Å². The summed E-state index contributed by atoms with van der Waals surface area (Å²) in [6.45, 7) is 1.03. The smallest absolute Gasteiger partial charge is 0.328 e. The van der Waals surface area contributed by atoms with Crippen molar-refractivity contribution in [2.75, 3.05) is 13.7 Å². The van der Waals surface area contributed by atoms with Crippen LogP contribution in [-0.2, 0) is 32.1 Å². The number of nitrogens with one attached hydrogen (secondary N) is 1. The molecule has 1 amide bonds. The molecule has 28 heavy (non-hydrogen) atoms. The Labute approximate surface area is 164 Å². The number of hydrogen-bond acceptors (Lipinski definition) is 5. The molecule has 0 aromatic heterocycles. The molecule has 0 spiro atoms. The van der Waals surface area contributed by atoms with Crippen LogP contribution in [0.3, 0.4) is 0 Å². The largest absolute Gasteiger partial charge is 0.489 e. The molecule has 0 radical (unpaired) electrons. The summed E-state index contributed by atoms with van der Waals surface area (Å²) in [5, 5.41) is 2.76. The summed E-state index contributed by atoms with van der Waals surface area (Å²) >= 11 is 0. The van der Waals surface area contributed by atoms with E-state index in [2.05, 4.69) is 5.32 Å². The number of esters is 1. The molecule has 148 valence electrons. The number of hydrogen-bond donors (Lipinski definition) is 1. The molecule has 0 aliphatic carbocycles.